The molecule has 146 valence electrons. The molecule has 0 atom stereocenters. The van der Waals surface area contributed by atoms with Gasteiger partial charge in [-0.25, -0.2) is 4.68 Å². The van der Waals surface area contributed by atoms with Crippen molar-refractivity contribution in [2.75, 3.05) is 26.3 Å². The topological polar surface area (TPSA) is 56.6 Å². The second-order valence-corrected chi connectivity index (χ2v) is 9.15. The molecule has 2 aliphatic rings. The van der Waals surface area contributed by atoms with Crippen LogP contribution in [0, 0.1) is 6.92 Å². The number of hydrogen-bond donors (Lipinski definition) is 0. The molecule has 3 aromatic rings. The first-order chi connectivity index (χ1) is 13.5. The Morgan fingerprint density at radius 2 is 1.86 bits per heavy atom. The quantitative estimate of drug-likeness (QED) is 0.575. The number of aromatic nitrogens is 2. The minimum Gasteiger partial charge on any atom is -0.347 e. The molecule has 28 heavy (non-hydrogen) atoms. The van der Waals surface area contributed by atoms with Crippen molar-refractivity contribution in [2.45, 2.75) is 25.6 Å². The molecule has 1 aromatic carbocycles. The molecular formula is C20H20BrN3O3S. The maximum Gasteiger partial charge on any atom is 0.264 e. The smallest absolute Gasteiger partial charge is 0.264 e. The first kappa shape index (κ1) is 18.3. The van der Waals surface area contributed by atoms with Crippen LogP contribution >= 0.6 is 27.3 Å². The van der Waals surface area contributed by atoms with E-state index in [9.17, 15) is 4.79 Å². The Hall–Kier alpha value is -1.74. The molecule has 2 aliphatic heterocycles. The summed E-state index contributed by atoms with van der Waals surface area (Å²) in [5, 5.41) is 5.70. The van der Waals surface area contributed by atoms with E-state index in [2.05, 4.69) is 21.0 Å². The molecule has 0 unspecified atom stereocenters. The predicted molar refractivity (Wildman–Crippen MR) is 111 cm³/mol. The lowest BCUT2D eigenvalue weighted by molar-refractivity contribution is -0.181. The normalized spacial score (nSPS) is 19.0. The number of piperidine rings is 1. The molecule has 1 spiro atoms. The van der Waals surface area contributed by atoms with Crippen LogP contribution in [0.3, 0.4) is 0 Å². The van der Waals surface area contributed by atoms with Crippen molar-refractivity contribution in [3.63, 3.8) is 0 Å². The predicted octanol–water partition coefficient (Wildman–Crippen LogP) is 4.14. The molecule has 2 fully saturated rings. The summed E-state index contributed by atoms with van der Waals surface area (Å²) in [5.41, 5.74) is 1.91. The Balaban J connectivity index is 1.41. The average Bonchev–Trinajstić information content (AvgIpc) is 3.40. The third-order valence-corrected chi connectivity index (χ3v) is 7.08. The Morgan fingerprint density at radius 3 is 2.54 bits per heavy atom. The van der Waals surface area contributed by atoms with Crippen LogP contribution in [0.25, 0.3) is 15.9 Å². The highest BCUT2D eigenvalue weighted by atomic mass is 79.9. The second-order valence-electron chi connectivity index (χ2n) is 7.20. The second kappa shape index (κ2) is 6.95. The maximum absolute atomic E-state index is 13.1. The molecular weight excluding hydrogens is 442 g/mol. The SMILES string of the molecule is Cc1nn(-c2ccc(Br)cc2)c2sc(C(=O)N3CCC4(CC3)OCCO4)cc12. The van der Waals surface area contributed by atoms with Crippen molar-refractivity contribution < 1.29 is 14.3 Å². The van der Waals surface area contributed by atoms with Crippen LogP contribution < -0.4 is 0 Å². The number of benzene rings is 1. The third kappa shape index (κ3) is 3.08. The van der Waals surface area contributed by atoms with Gasteiger partial charge in [0.1, 0.15) is 4.83 Å². The standard InChI is InChI=1S/C20H20BrN3O3S/c1-13-16-12-17(18(25)23-8-6-20(7-9-23)26-10-11-27-20)28-19(16)24(22-13)15-4-2-14(21)3-5-15/h2-5,12H,6-11H2,1H3. The van der Waals surface area contributed by atoms with Crippen molar-refractivity contribution in [2.24, 2.45) is 0 Å². The van der Waals surface area contributed by atoms with Gasteiger partial charge in [0.15, 0.2) is 5.79 Å². The highest BCUT2D eigenvalue weighted by Gasteiger charge is 2.41. The number of fused-ring (bicyclic) bond motifs is 1. The molecule has 4 heterocycles. The van der Waals surface area contributed by atoms with Gasteiger partial charge in [-0.05, 0) is 37.3 Å². The lowest BCUT2D eigenvalue weighted by atomic mass is 10.0. The van der Waals surface area contributed by atoms with Crippen molar-refractivity contribution in [1.82, 2.24) is 14.7 Å². The molecule has 0 N–H and O–H groups in total. The van der Waals surface area contributed by atoms with Crippen LogP contribution in [-0.2, 0) is 9.47 Å². The average molecular weight is 462 g/mol. The molecule has 5 rings (SSSR count). The maximum atomic E-state index is 13.1. The Morgan fingerprint density at radius 1 is 1.18 bits per heavy atom. The number of aryl methyl sites for hydroxylation is 1. The molecule has 0 bridgehead atoms. The molecule has 1 amide bonds. The van der Waals surface area contributed by atoms with Gasteiger partial charge in [0.2, 0.25) is 0 Å². The minimum absolute atomic E-state index is 0.0794. The van der Waals surface area contributed by atoms with Crippen LogP contribution in [0.4, 0.5) is 0 Å². The number of rotatable bonds is 2. The number of amides is 1. The molecule has 6 nitrogen and oxygen atoms in total. The summed E-state index contributed by atoms with van der Waals surface area (Å²) in [7, 11) is 0. The van der Waals surface area contributed by atoms with Crippen LogP contribution in [0.1, 0.15) is 28.2 Å². The van der Waals surface area contributed by atoms with Gasteiger partial charge in [-0.15, -0.1) is 11.3 Å². The van der Waals surface area contributed by atoms with Crippen LogP contribution in [-0.4, -0.2) is 52.7 Å². The minimum atomic E-state index is -0.463. The summed E-state index contributed by atoms with van der Waals surface area (Å²) in [6.07, 6.45) is 1.46. The molecule has 0 radical (unpaired) electrons. The van der Waals surface area contributed by atoms with Crippen LogP contribution in [0.2, 0.25) is 0 Å². The number of likely N-dealkylation sites (tertiary alicyclic amines) is 1. The Kier molecular flexibility index (Phi) is 4.54. The highest BCUT2D eigenvalue weighted by molar-refractivity contribution is 9.10. The van der Waals surface area contributed by atoms with E-state index in [1.165, 1.54) is 11.3 Å². The summed E-state index contributed by atoms with van der Waals surface area (Å²) in [6.45, 7) is 4.60. The fourth-order valence-corrected chi connectivity index (χ4v) is 5.32. The number of thiophene rings is 1. The zero-order valence-electron chi connectivity index (χ0n) is 15.5. The van der Waals surface area contributed by atoms with Crippen molar-refractivity contribution in [3.8, 4) is 5.69 Å². The number of carbonyl (C=O) groups excluding carboxylic acids is 1. The summed E-state index contributed by atoms with van der Waals surface area (Å²) in [5.74, 6) is -0.383. The van der Waals surface area contributed by atoms with E-state index in [0.29, 0.717) is 26.3 Å². The lowest BCUT2D eigenvalue weighted by Crippen LogP contribution is -2.47. The third-order valence-electron chi connectivity index (χ3n) is 5.45. The van der Waals surface area contributed by atoms with Crippen molar-refractivity contribution >= 4 is 43.4 Å². The lowest BCUT2D eigenvalue weighted by Gasteiger charge is -2.37. The zero-order valence-corrected chi connectivity index (χ0v) is 17.9. The van der Waals surface area contributed by atoms with Gasteiger partial charge < -0.3 is 14.4 Å². The number of halogens is 1. The van der Waals surface area contributed by atoms with E-state index in [4.69, 9.17) is 9.47 Å². The number of ether oxygens (including phenoxy) is 2. The summed E-state index contributed by atoms with van der Waals surface area (Å²) < 4.78 is 14.5. The first-order valence-corrected chi connectivity index (χ1v) is 11.0. The van der Waals surface area contributed by atoms with Crippen molar-refractivity contribution in [3.05, 3.63) is 45.4 Å². The molecule has 2 aromatic heterocycles. The molecule has 8 heteroatoms. The monoisotopic (exact) mass is 461 g/mol. The van der Waals surface area contributed by atoms with E-state index in [0.717, 1.165) is 43.8 Å². The summed E-state index contributed by atoms with van der Waals surface area (Å²) in [6, 6.07) is 10.0. The van der Waals surface area contributed by atoms with Crippen LogP contribution in [0.5, 0.6) is 0 Å². The summed E-state index contributed by atoms with van der Waals surface area (Å²) >= 11 is 4.97. The van der Waals surface area contributed by atoms with Gasteiger partial charge in [0.25, 0.3) is 5.91 Å². The van der Waals surface area contributed by atoms with E-state index >= 15 is 0 Å². The fourth-order valence-electron chi connectivity index (χ4n) is 3.90. The largest absolute Gasteiger partial charge is 0.347 e. The van der Waals surface area contributed by atoms with Crippen LogP contribution in [0.15, 0.2) is 34.8 Å². The molecule has 2 saturated heterocycles. The van der Waals surface area contributed by atoms with E-state index in [1.807, 2.05) is 46.8 Å². The van der Waals surface area contributed by atoms with E-state index in [-0.39, 0.29) is 5.91 Å². The summed E-state index contributed by atoms with van der Waals surface area (Å²) in [4.78, 5) is 16.8. The first-order valence-electron chi connectivity index (χ1n) is 9.37. The van der Waals surface area contributed by atoms with Gasteiger partial charge in [-0.2, -0.15) is 5.10 Å². The van der Waals surface area contributed by atoms with Gasteiger partial charge in [-0.3, -0.25) is 4.79 Å². The van der Waals surface area contributed by atoms with Gasteiger partial charge >= 0.3 is 0 Å². The Bertz CT molecular complexity index is 1030. The Labute approximate surface area is 175 Å². The molecule has 0 saturated carbocycles. The van der Waals surface area contributed by atoms with E-state index in [1.54, 1.807) is 0 Å². The van der Waals surface area contributed by atoms with E-state index < -0.39 is 5.79 Å². The number of nitrogens with zero attached hydrogens (tertiary/aromatic N) is 3. The number of carbonyl (C=O) groups is 1. The van der Waals surface area contributed by atoms with Gasteiger partial charge in [0, 0.05) is 35.8 Å². The van der Waals surface area contributed by atoms with Gasteiger partial charge in [-0.1, -0.05) is 15.9 Å². The number of hydrogen-bond acceptors (Lipinski definition) is 5. The zero-order chi connectivity index (χ0) is 19.3. The van der Waals surface area contributed by atoms with Gasteiger partial charge in [0.05, 0.1) is 29.5 Å². The molecule has 0 aliphatic carbocycles. The highest BCUT2D eigenvalue weighted by Crippen LogP contribution is 2.34. The van der Waals surface area contributed by atoms with Crippen molar-refractivity contribution in [1.29, 1.82) is 0 Å². The fraction of sp³-hybridized carbons (Fsp3) is 0.400.